The number of nitrogens with zero attached hydrogens (tertiary/aromatic N) is 6. The van der Waals surface area contributed by atoms with E-state index in [0.717, 1.165) is 31.7 Å². The fourth-order valence-electron chi connectivity index (χ4n) is 5.92. The average Bonchev–Trinajstić information content (AvgIpc) is 3.60. The summed E-state index contributed by atoms with van der Waals surface area (Å²) < 4.78 is 3.78. The van der Waals surface area contributed by atoms with Crippen molar-refractivity contribution in [3.63, 3.8) is 0 Å². The number of aryl methyl sites for hydroxylation is 1. The van der Waals surface area contributed by atoms with Crippen LogP contribution in [0.4, 0.5) is 0 Å². The third-order valence-electron chi connectivity index (χ3n) is 8.34. The molecule has 2 atom stereocenters. The number of carbonyl (C=O) groups excluding carboxylic acids is 3. The molecule has 0 saturated carbocycles. The van der Waals surface area contributed by atoms with Crippen LogP contribution >= 0.6 is 0 Å². The van der Waals surface area contributed by atoms with Crippen LogP contribution in [-0.2, 0) is 36.6 Å². The highest BCUT2D eigenvalue weighted by Gasteiger charge is 2.30. The van der Waals surface area contributed by atoms with Gasteiger partial charge in [-0.3, -0.25) is 28.3 Å². The minimum Gasteiger partial charge on any atom is -0.361 e. The zero-order chi connectivity index (χ0) is 33.1. The maximum absolute atomic E-state index is 13.9. The fourth-order valence-corrected chi connectivity index (χ4v) is 5.92. The second-order valence-electron chi connectivity index (χ2n) is 12.3. The lowest BCUT2D eigenvalue weighted by Gasteiger charge is -2.27. The minimum atomic E-state index is -0.866. The predicted octanol–water partition coefficient (Wildman–Crippen LogP) is 1.33. The van der Waals surface area contributed by atoms with Gasteiger partial charge in [-0.15, -0.1) is 0 Å². The number of nitrogens with one attached hydrogen (secondary N) is 3. The number of benzene rings is 1. The van der Waals surface area contributed by atoms with E-state index < -0.39 is 29.2 Å². The molecule has 14 nitrogen and oxygen atoms in total. The third-order valence-corrected chi connectivity index (χ3v) is 8.34. The topological polar surface area (TPSA) is 169 Å². The number of para-hydroxylation sites is 1. The minimum absolute atomic E-state index is 0.0441. The van der Waals surface area contributed by atoms with Crippen LogP contribution in [0.5, 0.6) is 0 Å². The fraction of sp³-hybridized carbons (Fsp3) is 0.469. The Balaban J connectivity index is 1.50. The van der Waals surface area contributed by atoms with Gasteiger partial charge in [0.25, 0.3) is 11.5 Å². The number of hydrogen-bond donors (Lipinski definition) is 3. The molecule has 14 heteroatoms. The second kappa shape index (κ2) is 13.5. The van der Waals surface area contributed by atoms with Crippen LogP contribution in [-0.4, -0.2) is 70.6 Å². The summed E-state index contributed by atoms with van der Waals surface area (Å²) in [5, 5.41) is 11.6. The van der Waals surface area contributed by atoms with Crippen molar-refractivity contribution in [2.75, 3.05) is 13.1 Å². The van der Waals surface area contributed by atoms with E-state index in [1.807, 2.05) is 44.3 Å². The van der Waals surface area contributed by atoms with Crippen molar-refractivity contribution in [3.05, 3.63) is 80.3 Å². The van der Waals surface area contributed by atoms with Crippen molar-refractivity contribution in [2.45, 2.75) is 65.1 Å². The number of H-pyrrole nitrogens is 1. The molecule has 46 heavy (non-hydrogen) atoms. The van der Waals surface area contributed by atoms with Crippen LogP contribution < -0.4 is 21.9 Å². The van der Waals surface area contributed by atoms with Gasteiger partial charge in [-0.1, -0.05) is 32.0 Å². The molecule has 1 aromatic carbocycles. The maximum Gasteiger partial charge on any atom is 0.331 e. The first-order valence-electron chi connectivity index (χ1n) is 15.5. The molecule has 4 heterocycles. The molecule has 1 aliphatic heterocycles. The molecule has 3 N–H and O–H groups in total. The summed E-state index contributed by atoms with van der Waals surface area (Å²) >= 11 is 0. The largest absolute Gasteiger partial charge is 0.361 e. The molecule has 0 aliphatic carbocycles. The van der Waals surface area contributed by atoms with Crippen LogP contribution in [0.2, 0.25) is 0 Å². The van der Waals surface area contributed by atoms with Gasteiger partial charge in [0.15, 0.2) is 0 Å². The number of aromatic nitrogens is 6. The van der Waals surface area contributed by atoms with E-state index in [4.69, 9.17) is 0 Å². The van der Waals surface area contributed by atoms with Crippen molar-refractivity contribution in [2.24, 2.45) is 20.0 Å². The van der Waals surface area contributed by atoms with Crippen LogP contribution in [0, 0.1) is 12.8 Å². The quantitative estimate of drug-likeness (QED) is 0.299. The van der Waals surface area contributed by atoms with E-state index in [-0.39, 0.29) is 62.3 Å². The van der Waals surface area contributed by atoms with Crippen molar-refractivity contribution in [3.8, 4) is 0 Å². The summed E-state index contributed by atoms with van der Waals surface area (Å²) in [7, 11) is 2.80. The molecule has 0 radical (unpaired) electrons. The smallest absolute Gasteiger partial charge is 0.331 e. The van der Waals surface area contributed by atoms with Gasteiger partial charge < -0.3 is 20.5 Å². The standard InChI is InChI=1S/C32H41N9O5/c1-19(2)15-24-29-34-20(3)37-41(29)14-13-40(31(45)26-17-28(43)39(5)32(46)38(26)4)12-8-11-27(42)35-25(30(44)36-24)16-21-18-33-23-10-7-6-9-22(21)23/h6-7,9-10,17-19,24-25,33H,8,11-16H2,1-5H3,(H,35,42)(H,36,44)/t24-,25+/m0/s1. The molecule has 0 saturated heterocycles. The highest BCUT2D eigenvalue weighted by Crippen LogP contribution is 2.23. The highest BCUT2D eigenvalue weighted by atomic mass is 16.2. The van der Waals surface area contributed by atoms with Crippen LogP contribution in [0.1, 0.15) is 66.9 Å². The van der Waals surface area contributed by atoms with Crippen LogP contribution in [0.25, 0.3) is 10.9 Å². The molecule has 1 aliphatic rings. The molecule has 244 valence electrons. The van der Waals surface area contributed by atoms with Gasteiger partial charge in [0.2, 0.25) is 11.8 Å². The van der Waals surface area contributed by atoms with Crippen molar-refractivity contribution in [1.29, 1.82) is 0 Å². The van der Waals surface area contributed by atoms with Crippen LogP contribution in [0.15, 0.2) is 46.1 Å². The Labute approximate surface area is 265 Å². The molecule has 5 rings (SSSR count). The molecule has 4 aromatic rings. The van der Waals surface area contributed by atoms with E-state index >= 15 is 0 Å². The van der Waals surface area contributed by atoms with Gasteiger partial charge in [0.1, 0.15) is 23.4 Å². The number of aromatic amines is 1. The SMILES string of the molecule is Cc1nc2n(n1)CCN(C(=O)c1cc(=O)n(C)c(=O)n1C)CCCC(=O)N[C@H](Cc1c[nH]c3ccccc13)C(=O)N[C@H]2CC(C)C. The molecule has 3 aromatic heterocycles. The Morgan fingerprint density at radius 2 is 1.76 bits per heavy atom. The lowest BCUT2D eigenvalue weighted by atomic mass is 10.0. The first kappa shape index (κ1) is 32.4. The number of rotatable bonds is 5. The zero-order valence-corrected chi connectivity index (χ0v) is 26.9. The molecule has 3 amide bonds. The Morgan fingerprint density at radius 3 is 2.52 bits per heavy atom. The van der Waals surface area contributed by atoms with Crippen molar-refractivity contribution in [1.82, 2.24) is 44.4 Å². The Hall–Kier alpha value is -5.01. The average molecular weight is 632 g/mol. The highest BCUT2D eigenvalue weighted by molar-refractivity contribution is 5.92. The summed E-state index contributed by atoms with van der Waals surface area (Å²) in [6, 6.07) is 7.56. The van der Waals surface area contributed by atoms with Crippen molar-refractivity contribution < 1.29 is 14.4 Å². The summed E-state index contributed by atoms with van der Waals surface area (Å²) in [6.07, 6.45) is 3.03. The van der Waals surface area contributed by atoms with E-state index in [1.165, 1.54) is 19.0 Å². The summed E-state index contributed by atoms with van der Waals surface area (Å²) in [5.74, 6) is 0.0884. The van der Waals surface area contributed by atoms with Gasteiger partial charge in [-0.2, -0.15) is 5.10 Å². The predicted molar refractivity (Wildman–Crippen MR) is 171 cm³/mol. The molecular formula is C32H41N9O5. The zero-order valence-electron chi connectivity index (χ0n) is 26.9. The first-order chi connectivity index (χ1) is 21.9. The second-order valence-corrected chi connectivity index (χ2v) is 12.3. The summed E-state index contributed by atoms with van der Waals surface area (Å²) in [4.78, 5) is 75.4. The van der Waals surface area contributed by atoms with E-state index in [9.17, 15) is 24.0 Å². The number of amides is 3. The Morgan fingerprint density at radius 1 is 1.00 bits per heavy atom. The third kappa shape index (κ3) is 6.95. The van der Waals surface area contributed by atoms with Crippen LogP contribution in [0.3, 0.4) is 0 Å². The molecule has 0 spiro atoms. The van der Waals surface area contributed by atoms with E-state index in [1.54, 1.807) is 11.6 Å². The van der Waals surface area contributed by atoms with E-state index in [2.05, 4.69) is 25.7 Å². The van der Waals surface area contributed by atoms with Gasteiger partial charge >= 0.3 is 5.69 Å². The molecular weight excluding hydrogens is 590 g/mol. The first-order valence-corrected chi connectivity index (χ1v) is 15.5. The van der Waals surface area contributed by atoms with Crippen molar-refractivity contribution >= 4 is 28.6 Å². The monoisotopic (exact) mass is 631 g/mol. The number of carbonyl (C=O) groups is 3. The summed E-state index contributed by atoms with van der Waals surface area (Å²) in [5.41, 5.74) is 0.589. The normalized spacial score (nSPS) is 18.3. The maximum atomic E-state index is 13.9. The Kier molecular flexibility index (Phi) is 9.54. The molecule has 0 fully saturated rings. The lowest BCUT2D eigenvalue weighted by Crippen LogP contribution is -2.49. The summed E-state index contributed by atoms with van der Waals surface area (Å²) in [6.45, 7) is 6.45. The molecule has 0 unspecified atom stereocenters. The Bertz CT molecular complexity index is 1880. The van der Waals surface area contributed by atoms with Gasteiger partial charge in [0.05, 0.1) is 12.6 Å². The molecule has 0 bridgehead atoms. The van der Waals surface area contributed by atoms with E-state index in [0.29, 0.717) is 18.1 Å². The van der Waals surface area contributed by atoms with Gasteiger partial charge in [-0.25, -0.2) is 14.5 Å². The number of fused-ring (bicyclic) bond motifs is 2. The number of hydrogen-bond acceptors (Lipinski definition) is 7. The van der Waals surface area contributed by atoms with Gasteiger partial charge in [-0.05, 0) is 37.3 Å². The van der Waals surface area contributed by atoms with Gasteiger partial charge in [0, 0.05) is 63.2 Å². The lowest BCUT2D eigenvalue weighted by molar-refractivity contribution is -0.129.